The molecule has 0 amide bonds. The van der Waals surface area contributed by atoms with E-state index in [-0.39, 0.29) is 17.3 Å². The van der Waals surface area contributed by atoms with Gasteiger partial charge in [-0.15, -0.1) is 0 Å². The largest absolute Gasteiger partial charge is 0.378 e. The van der Waals surface area contributed by atoms with Crippen molar-refractivity contribution in [3.05, 3.63) is 35.5 Å². The number of nitrogens with zero attached hydrogens (tertiary/aromatic N) is 6. The number of aromatic nitrogens is 4. The minimum atomic E-state index is -3.61. The van der Waals surface area contributed by atoms with E-state index in [1.54, 1.807) is 4.68 Å². The van der Waals surface area contributed by atoms with Crippen molar-refractivity contribution in [2.75, 3.05) is 50.6 Å². The molecule has 0 aliphatic carbocycles. The highest BCUT2D eigenvalue weighted by Gasteiger charge is 2.40. The number of rotatable bonds is 5. The molecule has 11 heteroatoms. The second kappa shape index (κ2) is 8.72. The normalized spacial score (nSPS) is 25.3. The number of ether oxygens (including phenoxy) is 2. The summed E-state index contributed by atoms with van der Waals surface area (Å²) in [6.45, 7) is 7.41. The van der Waals surface area contributed by atoms with Gasteiger partial charge in [0.25, 0.3) is 5.16 Å². The van der Waals surface area contributed by atoms with Crippen LogP contribution >= 0.6 is 0 Å². The lowest BCUT2D eigenvalue weighted by Gasteiger charge is -2.41. The Morgan fingerprint density at radius 3 is 2.43 bits per heavy atom. The third kappa shape index (κ3) is 4.12. The van der Waals surface area contributed by atoms with Crippen molar-refractivity contribution in [3.63, 3.8) is 0 Å². The Kier molecular flexibility index (Phi) is 5.54. The molecular formula is C26H32N6O4S. The van der Waals surface area contributed by atoms with Crippen LogP contribution in [0, 0.1) is 6.92 Å². The average molecular weight is 525 g/mol. The summed E-state index contributed by atoms with van der Waals surface area (Å²) < 4.78 is 38.0. The molecule has 4 fully saturated rings. The maximum absolute atomic E-state index is 12.5. The fourth-order valence-corrected chi connectivity index (χ4v) is 6.86. The number of benzene rings is 1. The van der Waals surface area contributed by atoms with E-state index in [1.165, 1.54) is 11.1 Å². The standard InChI is InChI=1S/C26H32N6O4S/c1-16-7-18-11-27-32(23(18)9-22(16)17-3-5-30(6-4-17)20-13-35-14-20)25-10-24(28-26(29-25)37(2,33)34)31-12-21-8-19(31)15-36-21/h7,9-11,17,19-21H,3-6,8,12-15H2,1-2H3/t19-,21-/m1/s1. The Balaban J connectivity index is 1.26. The molecule has 10 nitrogen and oxygen atoms in total. The summed E-state index contributed by atoms with van der Waals surface area (Å²) in [6, 6.07) is 7.08. The molecule has 0 N–H and O–H groups in total. The van der Waals surface area contributed by atoms with Crippen LogP contribution in [0.2, 0.25) is 0 Å². The Hall–Kier alpha value is -2.60. The zero-order valence-electron chi connectivity index (χ0n) is 21.2. The Labute approximate surface area is 216 Å². The molecule has 4 aliphatic heterocycles. The van der Waals surface area contributed by atoms with Gasteiger partial charge in [0, 0.05) is 24.3 Å². The highest BCUT2D eigenvalue weighted by Crippen LogP contribution is 2.36. The van der Waals surface area contributed by atoms with Crippen LogP contribution in [0.4, 0.5) is 5.82 Å². The molecule has 7 rings (SSSR count). The topological polar surface area (TPSA) is 103 Å². The third-order valence-corrected chi connectivity index (χ3v) is 9.33. The van der Waals surface area contributed by atoms with E-state index >= 15 is 0 Å². The van der Waals surface area contributed by atoms with E-state index in [0.717, 1.165) is 62.7 Å². The first kappa shape index (κ1) is 23.5. The summed E-state index contributed by atoms with van der Waals surface area (Å²) in [5.41, 5.74) is 3.54. The van der Waals surface area contributed by atoms with Crippen LogP contribution in [0.1, 0.15) is 36.3 Å². The molecule has 1 aromatic carbocycles. The maximum atomic E-state index is 12.5. The van der Waals surface area contributed by atoms with Crippen molar-refractivity contribution in [2.45, 2.75) is 55.4 Å². The number of piperidine rings is 1. The summed E-state index contributed by atoms with van der Waals surface area (Å²) in [4.78, 5) is 13.6. The molecule has 0 radical (unpaired) electrons. The SMILES string of the molecule is Cc1cc2cnn(-c3cc(N4C[C@H]5C[C@@H]4CO5)nc(S(C)(=O)=O)n3)c2cc1C1CCN(C2COC2)CC1. The monoisotopic (exact) mass is 524 g/mol. The van der Waals surface area contributed by atoms with Crippen molar-refractivity contribution < 1.29 is 17.9 Å². The van der Waals surface area contributed by atoms with Crippen molar-refractivity contribution in [2.24, 2.45) is 0 Å². The number of aryl methyl sites for hydroxylation is 1. The van der Waals surface area contributed by atoms with Crippen LogP contribution in [0.15, 0.2) is 29.6 Å². The summed E-state index contributed by atoms with van der Waals surface area (Å²) in [5.74, 6) is 1.57. The van der Waals surface area contributed by atoms with Gasteiger partial charge in [-0.3, -0.25) is 4.90 Å². The lowest BCUT2D eigenvalue weighted by atomic mass is 9.85. The summed E-state index contributed by atoms with van der Waals surface area (Å²) >= 11 is 0. The van der Waals surface area contributed by atoms with Gasteiger partial charge >= 0.3 is 0 Å². The zero-order valence-corrected chi connectivity index (χ0v) is 22.0. The molecule has 2 bridgehead atoms. The molecule has 3 aromatic rings. The molecule has 2 aromatic heterocycles. The lowest BCUT2D eigenvalue weighted by Crippen LogP contribution is -2.51. The van der Waals surface area contributed by atoms with Gasteiger partial charge < -0.3 is 14.4 Å². The number of morpholine rings is 1. The predicted octanol–water partition coefficient (Wildman–Crippen LogP) is 2.08. The van der Waals surface area contributed by atoms with Crippen molar-refractivity contribution in [3.8, 4) is 5.82 Å². The minimum absolute atomic E-state index is 0.171. The second-order valence-corrected chi connectivity index (χ2v) is 12.9. The lowest BCUT2D eigenvalue weighted by molar-refractivity contribution is -0.0712. The quantitative estimate of drug-likeness (QED) is 0.464. The van der Waals surface area contributed by atoms with Gasteiger partial charge in [0.2, 0.25) is 9.84 Å². The Morgan fingerprint density at radius 1 is 1.00 bits per heavy atom. The first-order chi connectivity index (χ1) is 17.8. The highest BCUT2D eigenvalue weighted by molar-refractivity contribution is 7.90. The van der Waals surface area contributed by atoms with E-state index in [4.69, 9.17) is 9.47 Å². The summed E-state index contributed by atoms with van der Waals surface area (Å²) in [7, 11) is -3.61. The molecule has 4 saturated heterocycles. The molecule has 4 aliphatic rings. The van der Waals surface area contributed by atoms with Gasteiger partial charge in [-0.2, -0.15) is 10.1 Å². The molecule has 196 valence electrons. The number of hydrogen-bond donors (Lipinski definition) is 0. The van der Waals surface area contributed by atoms with Crippen LogP contribution in [-0.2, 0) is 19.3 Å². The Bertz CT molecular complexity index is 1460. The van der Waals surface area contributed by atoms with Crippen LogP contribution in [0.5, 0.6) is 0 Å². The van der Waals surface area contributed by atoms with Crippen LogP contribution in [0.25, 0.3) is 16.7 Å². The Morgan fingerprint density at radius 2 is 1.78 bits per heavy atom. The summed E-state index contributed by atoms with van der Waals surface area (Å²) in [6.07, 6.45) is 6.33. The molecular weight excluding hydrogens is 492 g/mol. The number of fused-ring (bicyclic) bond motifs is 3. The second-order valence-electron chi connectivity index (χ2n) is 11.0. The highest BCUT2D eigenvalue weighted by atomic mass is 32.2. The van der Waals surface area contributed by atoms with Gasteiger partial charge in [-0.1, -0.05) is 0 Å². The molecule has 0 saturated carbocycles. The van der Waals surface area contributed by atoms with E-state index in [2.05, 4.69) is 43.9 Å². The predicted molar refractivity (Wildman–Crippen MR) is 138 cm³/mol. The molecule has 0 unspecified atom stereocenters. The first-order valence-corrected chi connectivity index (χ1v) is 15.0. The van der Waals surface area contributed by atoms with Crippen LogP contribution < -0.4 is 4.90 Å². The molecule has 2 atom stereocenters. The van der Waals surface area contributed by atoms with E-state index in [9.17, 15) is 8.42 Å². The fourth-order valence-electron chi connectivity index (χ4n) is 6.34. The molecule has 6 heterocycles. The third-order valence-electron chi connectivity index (χ3n) is 8.48. The van der Waals surface area contributed by atoms with Crippen LogP contribution in [0.3, 0.4) is 0 Å². The number of likely N-dealkylation sites (tertiary alicyclic amines) is 1. The van der Waals surface area contributed by atoms with Crippen LogP contribution in [-0.4, -0.2) is 97.0 Å². The fraction of sp³-hybridized carbons (Fsp3) is 0.577. The van der Waals surface area contributed by atoms with Crippen molar-refractivity contribution >= 4 is 26.6 Å². The smallest absolute Gasteiger partial charge is 0.250 e. The van der Waals surface area contributed by atoms with E-state index < -0.39 is 9.84 Å². The number of anilines is 1. The molecule has 0 spiro atoms. The van der Waals surface area contributed by atoms with Gasteiger partial charge in [-0.25, -0.2) is 18.1 Å². The van der Waals surface area contributed by atoms with Gasteiger partial charge in [-0.05, 0) is 68.5 Å². The van der Waals surface area contributed by atoms with Gasteiger partial charge in [0.1, 0.15) is 5.82 Å². The first-order valence-electron chi connectivity index (χ1n) is 13.1. The number of hydrogen-bond acceptors (Lipinski definition) is 9. The van der Waals surface area contributed by atoms with E-state index in [1.807, 2.05) is 12.3 Å². The maximum Gasteiger partial charge on any atom is 0.250 e. The number of sulfone groups is 1. The average Bonchev–Trinajstić information content (AvgIpc) is 3.58. The zero-order chi connectivity index (χ0) is 25.3. The van der Waals surface area contributed by atoms with Gasteiger partial charge in [0.15, 0.2) is 5.82 Å². The minimum Gasteiger partial charge on any atom is -0.378 e. The van der Waals surface area contributed by atoms with E-state index in [0.29, 0.717) is 36.7 Å². The summed E-state index contributed by atoms with van der Waals surface area (Å²) in [5, 5.41) is 5.49. The van der Waals surface area contributed by atoms with Crippen molar-refractivity contribution in [1.82, 2.24) is 24.6 Å². The van der Waals surface area contributed by atoms with Crippen molar-refractivity contribution in [1.29, 1.82) is 0 Å². The molecule has 37 heavy (non-hydrogen) atoms. The van der Waals surface area contributed by atoms with Gasteiger partial charge in [0.05, 0.1) is 49.7 Å².